The van der Waals surface area contributed by atoms with Gasteiger partial charge in [-0.3, -0.25) is 9.59 Å². The van der Waals surface area contributed by atoms with E-state index in [1.807, 2.05) is 24.3 Å². The van der Waals surface area contributed by atoms with Crippen LogP contribution in [0.4, 0.5) is 0 Å². The van der Waals surface area contributed by atoms with E-state index in [2.05, 4.69) is 36.5 Å². The summed E-state index contributed by atoms with van der Waals surface area (Å²) in [4.78, 5) is 27.8. The van der Waals surface area contributed by atoms with Gasteiger partial charge in [0.05, 0.1) is 0 Å². The van der Waals surface area contributed by atoms with Crippen LogP contribution in [0.5, 0.6) is 0 Å². The number of carbonyl (C=O) groups is 2. The predicted octanol–water partition coefficient (Wildman–Crippen LogP) is 4.00. The summed E-state index contributed by atoms with van der Waals surface area (Å²) in [6.45, 7) is 2.57. The molecule has 4 heteroatoms. The monoisotopic (exact) mass is 362 g/mol. The third-order valence-corrected chi connectivity index (χ3v) is 5.79. The minimum Gasteiger partial charge on any atom is -0.351 e. The molecule has 1 aliphatic carbocycles. The summed E-state index contributed by atoms with van der Waals surface area (Å²) in [5.41, 5.74) is 3.79. The number of amides is 2. The van der Waals surface area contributed by atoms with Gasteiger partial charge >= 0.3 is 0 Å². The molecule has 0 bridgehead atoms. The van der Waals surface area contributed by atoms with E-state index in [4.69, 9.17) is 0 Å². The van der Waals surface area contributed by atoms with Crippen LogP contribution >= 0.6 is 0 Å². The minimum atomic E-state index is -0.542. The second kappa shape index (κ2) is 7.55. The molecule has 1 N–H and O–H groups in total. The van der Waals surface area contributed by atoms with Gasteiger partial charge in [0.25, 0.3) is 5.91 Å². The highest BCUT2D eigenvalue weighted by molar-refractivity contribution is 6.04. The summed E-state index contributed by atoms with van der Waals surface area (Å²) < 4.78 is 0. The molecule has 0 aromatic heterocycles. The minimum absolute atomic E-state index is 0.0506. The van der Waals surface area contributed by atoms with Crippen LogP contribution in [-0.2, 0) is 17.8 Å². The van der Waals surface area contributed by atoms with Crippen molar-refractivity contribution in [1.82, 2.24) is 10.2 Å². The van der Waals surface area contributed by atoms with E-state index in [1.54, 1.807) is 4.90 Å². The summed E-state index contributed by atoms with van der Waals surface area (Å²) in [5, 5.41) is 3.18. The number of carbonyl (C=O) groups excluding carboxylic acids is 2. The highest BCUT2D eigenvalue weighted by Gasteiger charge is 2.41. The largest absolute Gasteiger partial charge is 0.351 e. The Morgan fingerprint density at radius 2 is 1.70 bits per heavy atom. The lowest BCUT2D eigenvalue weighted by Crippen LogP contribution is -2.42. The standard InChI is InChI=1S/C23H26N2O2/c1-2-16-11-13-17(14-12-16)15-25-21(22(26)24-18-7-3-4-8-18)19-9-5-6-10-20(19)23(25)27/h5-6,9-14,18,21H,2-4,7-8,15H2,1H3,(H,24,26)/t21-/m1/s1. The number of fused-ring (bicyclic) bond motifs is 1. The summed E-state index contributed by atoms with van der Waals surface area (Å²) >= 11 is 0. The molecular formula is C23H26N2O2. The highest BCUT2D eigenvalue weighted by Crippen LogP contribution is 2.35. The summed E-state index contributed by atoms with van der Waals surface area (Å²) in [6.07, 6.45) is 5.39. The highest BCUT2D eigenvalue weighted by atomic mass is 16.2. The van der Waals surface area contributed by atoms with Crippen molar-refractivity contribution in [2.24, 2.45) is 0 Å². The van der Waals surface area contributed by atoms with E-state index in [1.165, 1.54) is 18.4 Å². The molecule has 1 atom stereocenters. The van der Waals surface area contributed by atoms with Crippen LogP contribution in [-0.4, -0.2) is 22.8 Å². The maximum Gasteiger partial charge on any atom is 0.255 e. The Balaban J connectivity index is 1.61. The summed E-state index contributed by atoms with van der Waals surface area (Å²) in [5.74, 6) is -0.109. The van der Waals surface area contributed by atoms with Gasteiger partial charge in [-0.15, -0.1) is 0 Å². The smallest absolute Gasteiger partial charge is 0.255 e. The van der Waals surface area contributed by atoms with Gasteiger partial charge in [-0.2, -0.15) is 0 Å². The molecule has 2 aliphatic rings. The van der Waals surface area contributed by atoms with E-state index in [9.17, 15) is 9.59 Å². The van der Waals surface area contributed by atoms with Gasteiger partial charge in [0, 0.05) is 18.2 Å². The van der Waals surface area contributed by atoms with Gasteiger partial charge in [-0.05, 0) is 42.0 Å². The molecule has 1 fully saturated rings. The quantitative estimate of drug-likeness (QED) is 0.874. The molecule has 1 aliphatic heterocycles. The lowest BCUT2D eigenvalue weighted by atomic mass is 10.0. The normalized spacial score (nSPS) is 19.4. The molecule has 140 valence electrons. The summed E-state index contributed by atoms with van der Waals surface area (Å²) in [7, 11) is 0. The number of aryl methyl sites for hydroxylation is 1. The lowest BCUT2D eigenvalue weighted by Gasteiger charge is -2.26. The van der Waals surface area contributed by atoms with Crippen molar-refractivity contribution in [3.63, 3.8) is 0 Å². The van der Waals surface area contributed by atoms with Gasteiger partial charge < -0.3 is 10.2 Å². The van der Waals surface area contributed by atoms with Gasteiger partial charge in [-0.25, -0.2) is 0 Å². The zero-order valence-electron chi connectivity index (χ0n) is 15.8. The van der Waals surface area contributed by atoms with E-state index < -0.39 is 6.04 Å². The molecular weight excluding hydrogens is 336 g/mol. The second-order valence-electron chi connectivity index (χ2n) is 7.58. The number of hydrogen-bond acceptors (Lipinski definition) is 2. The molecule has 4 rings (SSSR count). The van der Waals surface area contributed by atoms with Crippen LogP contribution in [0.25, 0.3) is 0 Å². The SMILES string of the molecule is CCc1ccc(CN2C(=O)c3ccccc3[C@@H]2C(=O)NC2CCCC2)cc1. The molecule has 1 heterocycles. The Morgan fingerprint density at radius 1 is 1.04 bits per heavy atom. The average Bonchev–Trinajstić information content (AvgIpc) is 3.29. The van der Waals surface area contributed by atoms with Crippen molar-refractivity contribution in [3.8, 4) is 0 Å². The number of benzene rings is 2. The summed E-state index contributed by atoms with van der Waals surface area (Å²) in [6, 6.07) is 15.5. The molecule has 4 nitrogen and oxygen atoms in total. The van der Waals surface area contributed by atoms with E-state index in [-0.39, 0.29) is 17.9 Å². The third kappa shape index (κ3) is 3.48. The Bertz CT molecular complexity index is 838. The van der Waals surface area contributed by atoms with Crippen LogP contribution in [0.2, 0.25) is 0 Å². The number of rotatable bonds is 5. The maximum atomic E-state index is 13.1. The zero-order chi connectivity index (χ0) is 18.8. The van der Waals surface area contributed by atoms with Gasteiger partial charge in [0.15, 0.2) is 0 Å². The van der Waals surface area contributed by atoms with Crippen molar-refractivity contribution in [2.75, 3.05) is 0 Å². The lowest BCUT2D eigenvalue weighted by molar-refractivity contribution is -0.126. The van der Waals surface area contributed by atoms with Gasteiger partial charge in [-0.1, -0.05) is 62.2 Å². The van der Waals surface area contributed by atoms with Gasteiger partial charge in [0.2, 0.25) is 5.91 Å². The predicted molar refractivity (Wildman–Crippen MR) is 105 cm³/mol. The number of nitrogens with zero attached hydrogens (tertiary/aromatic N) is 1. The van der Waals surface area contributed by atoms with E-state index in [0.29, 0.717) is 12.1 Å². The van der Waals surface area contributed by atoms with Crippen LogP contribution in [0.3, 0.4) is 0 Å². The van der Waals surface area contributed by atoms with Crippen LogP contribution < -0.4 is 5.32 Å². The van der Waals surface area contributed by atoms with Gasteiger partial charge in [0.1, 0.15) is 6.04 Å². The molecule has 0 radical (unpaired) electrons. The van der Waals surface area contributed by atoms with Crippen LogP contribution in [0.1, 0.15) is 65.7 Å². The Labute approximate surface area is 160 Å². The fourth-order valence-electron chi connectivity index (χ4n) is 4.24. The van der Waals surface area contributed by atoms with Crippen LogP contribution in [0, 0.1) is 0 Å². The van der Waals surface area contributed by atoms with Crippen molar-refractivity contribution >= 4 is 11.8 Å². The molecule has 2 amide bonds. The van der Waals surface area contributed by atoms with Crippen molar-refractivity contribution < 1.29 is 9.59 Å². The first-order valence-electron chi connectivity index (χ1n) is 9.95. The molecule has 27 heavy (non-hydrogen) atoms. The van der Waals surface area contributed by atoms with Crippen LogP contribution in [0.15, 0.2) is 48.5 Å². The molecule has 0 saturated heterocycles. The molecule has 2 aromatic rings. The average molecular weight is 362 g/mol. The Hall–Kier alpha value is -2.62. The fourth-order valence-corrected chi connectivity index (χ4v) is 4.24. The van der Waals surface area contributed by atoms with Crippen molar-refractivity contribution in [2.45, 2.75) is 57.7 Å². The topological polar surface area (TPSA) is 49.4 Å². The first-order chi connectivity index (χ1) is 13.2. The number of nitrogens with one attached hydrogen (secondary N) is 1. The fraction of sp³-hybridized carbons (Fsp3) is 0.391. The number of hydrogen-bond donors (Lipinski definition) is 1. The molecule has 1 saturated carbocycles. The first kappa shape index (κ1) is 17.8. The molecule has 0 spiro atoms. The zero-order valence-corrected chi connectivity index (χ0v) is 15.8. The Morgan fingerprint density at radius 3 is 2.41 bits per heavy atom. The Kier molecular flexibility index (Phi) is 4.97. The maximum absolute atomic E-state index is 13.1. The second-order valence-corrected chi connectivity index (χ2v) is 7.58. The van der Waals surface area contributed by atoms with Crippen molar-refractivity contribution in [1.29, 1.82) is 0 Å². The van der Waals surface area contributed by atoms with Crippen molar-refractivity contribution in [3.05, 3.63) is 70.8 Å². The third-order valence-electron chi connectivity index (χ3n) is 5.79. The molecule has 0 unspecified atom stereocenters. The van der Waals surface area contributed by atoms with E-state index >= 15 is 0 Å². The first-order valence-corrected chi connectivity index (χ1v) is 9.95. The molecule has 2 aromatic carbocycles. The van der Waals surface area contributed by atoms with E-state index in [0.717, 1.165) is 30.4 Å².